The van der Waals surface area contributed by atoms with E-state index in [0.29, 0.717) is 23.5 Å². The van der Waals surface area contributed by atoms with E-state index >= 15 is 0 Å². The zero-order valence-electron chi connectivity index (χ0n) is 14.5. The Hall–Kier alpha value is -2.53. The van der Waals surface area contributed by atoms with Crippen molar-refractivity contribution in [1.82, 2.24) is 9.88 Å². The van der Waals surface area contributed by atoms with E-state index in [9.17, 15) is 9.18 Å². The smallest absolute Gasteiger partial charge is 0.266 e. The summed E-state index contributed by atoms with van der Waals surface area (Å²) in [7, 11) is 0. The molecule has 0 radical (unpaired) electrons. The Morgan fingerprint density at radius 2 is 1.88 bits per heavy atom. The molecule has 0 aliphatic carbocycles. The molecule has 1 aliphatic rings. The van der Waals surface area contributed by atoms with Gasteiger partial charge in [0.1, 0.15) is 10.7 Å². The third-order valence-corrected chi connectivity index (χ3v) is 5.75. The first-order valence-corrected chi connectivity index (χ1v) is 9.51. The highest BCUT2D eigenvalue weighted by Gasteiger charge is 2.31. The molecule has 0 saturated carbocycles. The van der Waals surface area contributed by atoms with Gasteiger partial charge in [-0.05, 0) is 25.0 Å². The second kappa shape index (κ2) is 7.00. The molecule has 1 aromatic heterocycles. The minimum atomic E-state index is -0.189. The first-order valence-electron chi connectivity index (χ1n) is 8.70. The molecule has 3 nitrogen and oxygen atoms in total. The fourth-order valence-electron chi connectivity index (χ4n) is 3.51. The van der Waals surface area contributed by atoms with E-state index in [-0.39, 0.29) is 17.6 Å². The Bertz CT molecular complexity index is 938. The van der Waals surface area contributed by atoms with Gasteiger partial charge in [0.25, 0.3) is 5.91 Å². The van der Waals surface area contributed by atoms with Gasteiger partial charge in [0.15, 0.2) is 0 Å². The highest BCUT2D eigenvalue weighted by molar-refractivity contribution is 7.14. The molecule has 3 aromatic rings. The molecule has 0 N–H and O–H groups in total. The van der Waals surface area contributed by atoms with Gasteiger partial charge in [-0.25, -0.2) is 9.37 Å². The molecule has 2 aromatic carbocycles. The number of hydrogen-bond donors (Lipinski definition) is 0. The standard InChI is InChI=1S/C21H19FN2OS/c1-14-23-19(15-7-3-2-4-8-15)20(26-14)21(25)24-12-11-16(13-24)17-9-5-6-10-18(17)22/h2-10,16H,11-13H2,1H3/t16-/m1/s1. The Morgan fingerprint density at radius 3 is 2.65 bits per heavy atom. The lowest BCUT2D eigenvalue weighted by Gasteiger charge is -2.17. The number of amides is 1. The van der Waals surface area contributed by atoms with E-state index in [1.54, 1.807) is 6.07 Å². The first-order chi connectivity index (χ1) is 12.6. The maximum absolute atomic E-state index is 14.1. The molecule has 1 saturated heterocycles. The van der Waals surface area contributed by atoms with Gasteiger partial charge in [0.2, 0.25) is 0 Å². The van der Waals surface area contributed by atoms with E-state index in [1.807, 2.05) is 54.3 Å². The average Bonchev–Trinajstić information content (AvgIpc) is 3.29. The topological polar surface area (TPSA) is 33.2 Å². The Kier molecular flexibility index (Phi) is 4.55. The van der Waals surface area contributed by atoms with E-state index in [2.05, 4.69) is 4.98 Å². The monoisotopic (exact) mass is 366 g/mol. The van der Waals surface area contributed by atoms with Crippen LogP contribution in [0.15, 0.2) is 54.6 Å². The van der Waals surface area contributed by atoms with E-state index in [1.165, 1.54) is 17.4 Å². The number of hydrogen-bond acceptors (Lipinski definition) is 3. The summed E-state index contributed by atoms with van der Waals surface area (Å²) in [6.07, 6.45) is 0.783. The van der Waals surface area contributed by atoms with Gasteiger partial charge in [-0.3, -0.25) is 4.79 Å². The summed E-state index contributed by atoms with van der Waals surface area (Å²) in [5.41, 5.74) is 2.39. The normalized spacial score (nSPS) is 16.8. The lowest BCUT2D eigenvalue weighted by Crippen LogP contribution is -2.28. The van der Waals surface area contributed by atoms with Gasteiger partial charge in [-0.15, -0.1) is 11.3 Å². The number of thiazole rings is 1. The van der Waals surface area contributed by atoms with Crippen molar-refractivity contribution in [1.29, 1.82) is 0 Å². The van der Waals surface area contributed by atoms with Crippen LogP contribution in [0.25, 0.3) is 11.3 Å². The van der Waals surface area contributed by atoms with Crippen molar-refractivity contribution in [2.75, 3.05) is 13.1 Å². The van der Waals surface area contributed by atoms with Gasteiger partial charge in [-0.1, -0.05) is 48.5 Å². The van der Waals surface area contributed by atoms with Crippen LogP contribution >= 0.6 is 11.3 Å². The van der Waals surface area contributed by atoms with E-state index in [4.69, 9.17) is 0 Å². The molecule has 0 bridgehead atoms. The van der Waals surface area contributed by atoms with Crippen molar-refractivity contribution < 1.29 is 9.18 Å². The highest BCUT2D eigenvalue weighted by atomic mass is 32.1. The molecule has 1 fully saturated rings. The molecule has 2 heterocycles. The second-order valence-corrected chi connectivity index (χ2v) is 7.74. The molecule has 1 aliphatic heterocycles. The predicted molar refractivity (Wildman–Crippen MR) is 102 cm³/mol. The molecule has 1 atom stereocenters. The summed E-state index contributed by atoms with van der Waals surface area (Å²) in [5, 5.41) is 0.872. The fraction of sp³-hybridized carbons (Fsp3) is 0.238. The maximum atomic E-state index is 14.1. The number of likely N-dealkylation sites (tertiary alicyclic amines) is 1. The number of aryl methyl sites for hydroxylation is 1. The van der Waals surface area contributed by atoms with Crippen LogP contribution in [0.2, 0.25) is 0 Å². The molecular formula is C21H19FN2OS. The number of benzene rings is 2. The van der Waals surface area contributed by atoms with Crippen LogP contribution in [0, 0.1) is 12.7 Å². The number of nitrogens with zero attached hydrogens (tertiary/aromatic N) is 2. The van der Waals surface area contributed by atoms with Gasteiger partial charge >= 0.3 is 0 Å². The minimum Gasteiger partial charge on any atom is -0.337 e. The van der Waals surface area contributed by atoms with Gasteiger partial charge in [0.05, 0.1) is 10.7 Å². The molecule has 26 heavy (non-hydrogen) atoms. The van der Waals surface area contributed by atoms with Crippen LogP contribution < -0.4 is 0 Å². The Labute approximate surface area is 156 Å². The highest BCUT2D eigenvalue weighted by Crippen LogP contribution is 2.33. The molecule has 1 amide bonds. The molecule has 5 heteroatoms. The predicted octanol–water partition coefficient (Wildman–Crippen LogP) is 4.89. The molecule has 0 unspecified atom stereocenters. The molecule has 132 valence electrons. The minimum absolute atomic E-state index is 0.00621. The third-order valence-electron chi connectivity index (χ3n) is 4.80. The molecule has 4 rings (SSSR count). The summed E-state index contributed by atoms with van der Waals surface area (Å²) >= 11 is 1.43. The van der Waals surface area contributed by atoms with Crippen LogP contribution in [0.3, 0.4) is 0 Å². The summed E-state index contributed by atoms with van der Waals surface area (Å²) in [4.78, 5) is 20.2. The zero-order chi connectivity index (χ0) is 18.1. The summed E-state index contributed by atoms with van der Waals surface area (Å²) in [5.74, 6) is -0.145. The van der Waals surface area contributed by atoms with Crippen LogP contribution in [0.1, 0.15) is 32.6 Å². The SMILES string of the molecule is Cc1nc(-c2ccccc2)c(C(=O)N2CC[C@@H](c3ccccc3F)C2)s1. The number of aromatic nitrogens is 1. The van der Waals surface area contributed by atoms with Gasteiger partial charge in [-0.2, -0.15) is 0 Å². The number of halogens is 1. The van der Waals surface area contributed by atoms with Crippen molar-refractivity contribution in [3.63, 3.8) is 0 Å². The molecule has 0 spiro atoms. The van der Waals surface area contributed by atoms with Crippen molar-refractivity contribution in [2.45, 2.75) is 19.3 Å². The summed E-state index contributed by atoms with van der Waals surface area (Å²) in [6.45, 7) is 3.11. The molecular weight excluding hydrogens is 347 g/mol. The van der Waals surface area contributed by atoms with Crippen LogP contribution in [0.5, 0.6) is 0 Å². The average molecular weight is 366 g/mol. The largest absolute Gasteiger partial charge is 0.337 e. The maximum Gasteiger partial charge on any atom is 0.266 e. The summed E-state index contributed by atoms with van der Waals surface area (Å²) < 4.78 is 14.1. The van der Waals surface area contributed by atoms with Gasteiger partial charge < -0.3 is 4.90 Å². The Morgan fingerprint density at radius 1 is 1.15 bits per heavy atom. The quantitative estimate of drug-likeness (QED) is 0.661. The zero-order valence-corrected chi connectivity index (χ0v) is 15.3. The summed E-state index contributed by atoms with van der Waals surface area (Å²) in [6, 6.07) is 16.6. The van der Waals surface area contributed by atoms with Crippen molar-refractivity contribution in [2.24, 2.45) is 0 Å². The number of carbonyl (C=O) groups excluding carboxylic acids is 1. The number of carbonyl (C=O) groups is 1. The van der Waals surface area contributed by atoms with Crippen LogP contribution in [0.4, 0.5) is 4.39 Å². The number of rotatable bonds is 3. The second-order valence-electron chi connectivity index (χ2n) is 6.53. The van der Waals surface area contributed by atoms with Crippen LogP contribution in [-0.2, 0) is 0 Å². The van der Waals surface area contributed by atoms with Gasteiger partial charge in [0, 0.05) is 24.6 Å². The van der Waals surface area contributed by atoms with Crippen molar-refractivity contribution in [3.05, 3.63) is 75.9 Å². The lowest BCUT2D eigenvalue weighted by atomic mass is 9.98. The Balaban J connectivity index is 1.59. The fourth-order valence-corrected chi connectivity index (χ4v) is 4.42. The third kappa shape index (κ3) is 3.15. The van der Waals surface area contributed by atoms with E-state index < -0.39 is 0 Å². The van der Waals surface area contributed by atoms with Crippen molar-refractivity contribution in [3.8, 4) is 11.3 Å². The van der Waals surface area contributed by atoms with Crippen LogP contribution in [-0.4, -0.2) is 28.9 Å². The first kappa shape index (κ1) is 16.9. The van der Waals surface area contributed by atoms with E-state index in [0.717, 1.165) is 22.7 Å². The lowest BCUT2D eigenvalue weighted by molar-refractivity contribution is 0.0796. The van der Waals surface area contributed by atoms with Crippen molar-refractivity contribution >= 4 is 17.2 Å².